The number of benzene rings is 2. The Kier molecular flexibility index (Phi) is 15.9. The van der Waals surface area contributed by atoms with E-state index >= 15 is 0 Å². The molecule has 412 valence electrons. The highest BCUT2D eigenvalue weighted by molar-refractivity contribution is 5.68. The number of ether oxygens (including phenoxy) is 1. The lowest BCUT2D eigenvalue weighted by atomic mass is 10.0. The molecule has 0 aliphatic carbocycles. The van der Waals surface area contributed by atoms with E-state index in [1.807, 2.05) is 109 Å². The fraction of sp³-hybridized carbons (Fsp3) is 0.407. The van der Waals surface area contributed by atoms with Crippen molar-refractivity contribution in [3.63, 3.8) is 0 Å². The van der Waals surface area contributed by atoms with E-state index in [-0.39, 0.29) is 29.8 Å². The van der Waals surface area contributed by atoms with Gasteiger partial charge in [-0.1, -0.05) is 36.4 Å². The van der Waals surface area contributed by atoms with Gasteiger partial charge in [0.2, 0.25) is 0 Å². The molecule has 12 rings (SSSR count). The third-order valence-electron chi connectivity index (χ3n) is 15.2. The summed E-state index contributed by atoms with van der Waals surface area (Å²) < 4.78 is 37.0. The van der Waals surface area contributed by atoms with Crippen molar-refractivity contribution in [3.8, 4) is 22.8 Å². The predicted molar refractivity (Wildman–Crippen MR) is 304 cm³/mol. The van der Waals surface area contributed by atoms with Crippen LogP contribution in [-0.4, -0.2) is 152 Å². The van der Waals surface area contributed by atoms with Gasteiger partial charge in [-0.3, -0.25) is 9.80 Å². The number of hydrogen-bond donors (Lipinski definition) is 2. The van der Waals surface area contributed by atoms with Crippen molar-refractivity contribution < 1.29 is 18.3 Å². The number of nitrogens with zero attached hydrogens (tertiary/aromatic N) is 14. The Morgan fingerprint density at radius 2 is 1.06 bits per heavy atom. The van der Waals surface area contributed by atoms with E-state index in [1.165, 1.54) is 12.1 Å². The van der Waals surface area contributed by atoms with E-state index in [0.717, 1.165) is 173 Å². The van der Waals surface area contributed by atoms with Gasteiger partial charge in [0, 0.05) is 91.6 Å². The fourth-order valence-corrected chi connectivity index (χ4v) is 11.3. The number of pyridine rings is 2. The van der Waals surface area contributed by atoms with Gasteiger partial charge in [0.1, 0.15) is 51.9 Å². The molecule has 6 aromatic heterocycles. The molecule has 0 unspecified atom stereocenters. The number of rotatable bonds is 13. The third-order valence-corrected chi connectivity index (χ3v) is 15.2. The largest absolute Gasteiger partial charge is 0.444 e. The first-order chi connectivity index (χ1) is 38.4. The third kappa shape index (κ3) is 12.4. The first-order valence-electron chi connectivity index (χ1n) is 27.7. The molecule has 0 bridgehead atoms. The van der Waals surface area contributed by atoms with E-state index < -0.39 is 5.60 Å². The van der Waals surface area contributed by atoms with Crippen LogP contribution in [0.15, 0.2) is 122 Å². The van der Waals surface area contributed by atoms with Gasteiger partial charge in [0.25, 0.3) is 0 Å². The predicted octanol–water partition coefficient (Wildman–Crippen LogP) is 8.27. The summed E-state index contributed by atoms with van der Waals surface area (Å²) >= 11 is 0. The minimum Gasteiger partial charge on any atom is -0.444 e. The van der Waals surface area contributed by atoms with Crippen LogP contribution in [0.2, 0.25) is 0 Å². The maximum atomic E-state index is 14.0. The van der Waals surface area contributed by atoms with Gasteiger partial charge in [0.05, 0.1) is 35.9 Å². The van der Waals surface area contributed by atoms with Crippen LogP contribution in [0.5, 0.6) is 0 Å². The lowest BCUT2D eigenvalue weighted by Crippen LogP contribution is -2.49. The lowest BCUT2D eigenvalue weighted by Gasteiger charge is -2.35. The van der Waals surface area contributed by atoms with E-state index in [1.54, 1.807) is 24.3 Å². The molecule has 0 radical (unpaired) electrons. The Balaban J connectivity index is 0.000000170. The van der Waals surface area contributed by atoms with Crippen molar-refractivity contribution >= 4 is 40.7 Å². The molecule has 18 nitrogen and oxygen atoms in total. The minimum absolute atomic E-state index is 0.0841. The van der Waals surface area contributed by atoms with Gasteiger partial charge < -0.3 is 35.4 Å². The zero-order chi connectivity index (χ0) is 54.5. The van der Waals surface area contributed by atoms with Crippen LogP contribution < -0.4 is 30.7 Å². The van der Waals surface area contributed by atoms with Crippen LogP contribution in [0.25, 0.3) is 34.1 Å². The van der Waals surface area contributed by atoms with E-state index in [9.17, 15) is 13.6 Å². The first-order valence-corrected chi connectivity index (χ1v) is 27.7. The number of nitrogens with two attached hydrogens (primary N) is 1. The molecule has 20 heteroatoms. The summed E-state index contributed by atoms with van der Waals surface area (Å²) in [5.74, 6) is 3.17. The van der Waals surface area contributed by atoms with E-state index in [0.29, 0.717) is 13.1 Å². The van der Waals surface area contributed by atoms with Crippen molar-refractivity contribution in [3.05, 3.63) is 144 Å². The SMILES string of the molecule is CC(C)(C)OC(=O)NCCN1CCN(c2cccc(-c3cnc4ccc(N5CCC[C@@H]5c5cccc(F)c5)nn34)n2)CC1.NCCN1CCN(c2cccc(-c3cnc4ccc(N5CCC[C@@H]5c5cccc(F)c5)nn34)n2)CC1. The molecular weight excluding hydrogens is 1000 g/mol. The summed E-state index contributed by atoms with van der Waals surface area (Å²) in [4.78, 5) is 45.0. The van der Waals surface area contributed by atoms with Crippen LogP contribution in [0.1, 0.15) is 69.7 Å². The van der Waals surface area contributed by atoms with Gasteiger partial charge in [-0.05, 0) is 130 Å². The van der Waals surface area contributed by atoms with Gasteiger partial charge in [0.15, 0.2) is 11.3 Å². The van der Waals surface area contributed by atoms with Crippen LogP contribution in [0.3, 0.4) is 0 Å². The molecule has 4 aliphatic heterocycles. The van der Waals surface area contributed by atoms with Crippen LogP contribution in [0.4, 0.5) is 36.8 Å². The molecule has 0 saturated carbocycles. The van der Waals surface area contributed by atoms with Crippen molar-refractivity contribution in [2.24, 2.45) is 5.73 Å². The highest BCUT2D eigenvalue weighted by Crippen LogP contribution is 2.38. The number of halogens is 2. The number of carbonyl (C=O) groups excluding carboxylic acids is 1. The van der Waals surface area contributed by atoms with Crippen molar-refractivity contribution in [2.45, 2.75) is 64.1 Å². The lowest BCUT2D eigenvalue weighted by molar-refractivity contribution is 0.0521. The van der Waals surface area contributed by atoms with Crippen molar-refractivity contribution in [2.75, 3.05) is 111 Å². The molecule has 3 N–H and O–H groups in total. The number of carbonyl (C=O) groups is 1. The topological polar surface area (TPSA) is 170 Å². The maximum Gasteiger partial charge on any atom is 0.407 e. The number of alkyl carbamates (subject to hydrolysis) is 1. The summed E-state index contributed by atoms with van der Waals surface area (Å²) in [7, 11) is 0. The number of imidazole rings is 2. The number of aromatic nitrogens is 8. The molecule has 1 amide bonds. The second-order valence-electron chi connectivity index (χ2n) is 21.7. The van der Waals surface area contributed by atoms with Crippen LogP contribution >= 0.6 is 0 Å². The number of anilines is 4. The highest BCUT2D eigenvalue weighted by Gasteiger charge is 2.30. The minimum atomic E-state index is -0.500. The van der Waals surface area contributed by atoms with E-state index in [4.69, 9.17) is 30.6 Å². The second-order valence-corrected chi connectivity index (χ2v) is 21.7. The molecule has 8 aromatic rings. The molecule has 4 saturated heterocycles. The maximum absolute atomic E-state index is 14.0. The summed E-state index contributed by atoms with van der Waals surface area (Å²) in [5, 5.41) is 12.8. The Bertz CT molecular complexity index is 3370. The number of fused-ring (bicyclic) bond motifs is 2. The second kappa shape index (κ2) is 23.7. The van der Waals surface area contributed by atoms with Gasteiger partial charge in [-0.25, -0.2) is 42.5 Å². The molecule has 2 aromatic carbocycles. The number of amides is 1. The number of hydrogen-bond acceptors (Lipinski definition) is 15. The Labute approximate surface area is 459 Å². The number of piperazine rings is 2. The Hall–Kier alpha value is -7.81. The smallest absolute Gasteiger partial charge is 0.407 e. The van der Waals surface area contributed by atoms with Crippen molar-refractivity contribution in [1.82, 2.24) is 54.3 Å². The number of nitrogens with one attached hydrogen (secondary N) is 1. The summed E-state index contributed by atoms with van der Waals surface area (Å²) in [5.41, 5.74) is 12.0. The monoisotopic (exact) mass is 1070 g/mol. The molecule has 2 atom stereocenters. The van der Waals surface area contributed by atoms with Gasteiger partial charge >= 0.3 is 6.09 Å². The zero-order valence-electron chi connectivity index (χ0n) is 45.3. The average Bonchev–Trinajstić information content (AvgIpc) is 4.31. The molecule has 79 heavy (non-hydrogen) atoms. The van der Waals surface area contributed by atoms with Gasteiger partial charge in [-0.2, -0.15) is 0 Å². The van der Waals surface area contributed by atoms with Crippen LogP contribution in [-0.2, 0) is 4.74 Å². The van der Waals surface area contributed by atoms with Crippen molar-refractivity contribution in [1.29, 1.82) is 0 Å². The molecule has 10 heterocycles. The summed E-state index contributed by atoms with van der Waals surface area (Å²) in [6.45, 7) is 17.6. The Morgan fingerprint density at radius 1 is 0.595 bits per heavy atom. The molecule has 4 aliphatic rings. The molecule has 4 fully saturated rings. The average molecular weight is 1070 g/mol. The Morgan fingerprint density at radius 3 is 1.52 bits per heavy atom. The standard InChI is InChI=1S/C32H39FN8O2.C27H31FN8/c1-32(2,3)43-31(42)34-14-16-38-17-19-39(20-18-38)29-11-5-9-25(36-29)27-22-35-28-12-13-30(37-41(27)28)40-15-6-10-26(40)23-7-4-8-24(33)21-23;28-21-5-1-4-20(18-21)23-7-3-12-35(23)27-10-9-25-30-19-24(36(25)32-27)22-6-2-8-26(31-22)34-16-14-33(13-11-29)15-17-34/h4-5,7-9,11-13,21-22,26H,6,10,14-20H2,1-3H3,(H,34,42);1-2,4-6,8-10,18-19,23H,3,7,11-17,29H2/t26-;23-/m11/s1. The summed E-state index contributed by atoms with van der Waals surface area (Å²) in [6.07, 6.45) is 7.27. The quantitative estimate of drug-likeness (QED) is 0.113. The molecule has 0 spiro atoms. The molecular formula is C59H70F2N16O2. The first kappa shape index (κ1) is 53.2. The van der Waals surface area contributed by atoms with Gasteiger partial charge in [-0.15, -0.1) is 10.2 Å². The fourth-order valence-electron chi connectivity index (χ4n) is 11.3. The normalized spacial score (nSPS) is 18.4. The van der Waals surface area contributed by atoms with E-state index in [2.05, 4.69) is 50.8 Å². The highest BCUT2D eigenvalue weighted by atomic mass is 19.1. The zero-order valence-corrected chi connectivity index (χ0v) is 45.3. The van der Waals surface area contributed by atoms with Crippen LogP contribution in [0, 0.1) is 11.6 Å². The summed E-state index contributed by atoms with van der Waals surface area (Å²) in [6, 6.07) is 34.1.